The van der Waals surface area contributed by atoms with Gasteiger partial charge in [-0.3, -0.25) is 4.79 Å². The molecule has 2 heterocycles. The minimum atomic E-state index is -0.0540. The molecule has 0 saturated carbocycles. The summed E-state index contributed by atoms with van der Waals surface area (Å²) in [6, 6.07) is 12.5. The quantitative estimate of drug-likeness (QED) is 0.694. The molecule has 126 valence electrons. The highest BCUT2D eigenvalue weighted by Crippen LogP contribution is 2.29. The zero-order valence-corrected chi connectivity index (χ0v) is 15.1. The van der Waals surface area contributed by atoms with Crippen LogP contribution in [0.15, 0.2) is 36.4 Å². The molecule has 1 aromatic carbocycles. The molecular formula is C19H22N2O2S. The highest BCUT2D eigenvalue weighted by Gasteiger charge is 2.17. The topological polar surface area (TPSA) is 43.3 Å². The lowest BCUT2D eigenvalue weighted by molar-refractivity contribution is 0.0928. The molecule has 2 aromatic heterocycles. The van der Waals surface area contributed by atoms with Gasteiger partial charge in [-0.2, -0.15) is 0 Å². The van der Waals surface area contributed by atoms with Crippen LogP contribution < -0.4 is 5.32 Å². The van der Waals surface area contributed by atoms with Crippen molar-refractivity contribution < 1.29 is 9.53 Å². The summed E-state index contributed by atoms with van der Waals surface area (Å²) in [5.41, 5.74) is 4.29. The zero-order valence-electron chi connectivity index (χ0n) is 14.3. The largest absolute Gasteiger partial charge is 0.383 e. The van der Waals surface area contributed by atoms with Gasteiger partial charge in [-0.15, -0.1) is 11.3 Å². The summed E-state index contributed by atoms with van der Waals surface area (Å²) < 4.78 is 8.28. The Balaban J connectivity index is 1.98. The van der Waals surface area contributed by atoms with Gasteiger partial charge in [-0.1, -0.05) is 24.3 Å². The molecule has 24 heavy (non-hydrogen) atoms. The Morgan fingerprint density at radius 3 is 2.79 bits per heavy atom. The van der Waals surface area contributed by atoms with Crippen molar-refractivity contribution in [1.29, 1.82) is 0 Å². The Morgan fingerprint density at radius 2 is 2.04 bits per heavy atom. The Hall–Kier alpha value is -2.11. The van der Waals surface area contributed by atoms with E-state index in [4.69, 9.17) is 4.74 Å². The average molecular weight is 342 g/mol. The van der Waals surface area contributed by atoms with E-state index in [0.29, 0.717) is 25.4 Å². The third-order valence-corrected chi connectivity index (χ3v) is 5.11. The van der Waals surface area contributed by atoms with Crippen LogP contribution in [0.2, 0.25) is 0 Å². The van der Waals surface area contributed by atoms with Crippen molar-refractivity contribution >= 4 is 27.5 Å². The lowest BCUT2D eigenvalue weighted by Crippen LogP contribution is -2.29. The predicted molar refractivity (Wildman–Crippen MR) is 99.0 cm³/mol. The van der Waals surface area contributed by atoms with Crippen LogP contribution in [-0.4, -0.2) is 30.7 Å². The van der Waals surface area contributed by atoms with Gasteiger partial charge >= 0.3 is 0 Å². The second kappa shape index (κ2) is 7.20. The molecule has 0 unspecified atom stereocenters. The monoisotopic (exact) mass is 342 g/mol. The van der Waals surface area contributed by atoms with Crippen molar-refractivity contribution in [2.75, 3.05) is 20.3 Å². The molecule has 0 atom stereocenters. The van der Waals surface area contributed by atoms with Crippen LogP contribution in [0.5, 0.6) is 0 Å². The first-order chi connectivity index (χ1) is 11.6. The normalized spacial score (nSPS) is 11.1. The van der Waals surface area contributed by atoms with Crippen LogP contribution in [0.25, 0.3) is 10.2 Å². The Bertz CT molecular complexity index is 864. The molecule has 0 saturated heterocycles. The minimum Gasteiger partial charge on any atom is -0.383 e. The molecule has 3 aromatic rings. The molecule has 0 aliphatic heterocycles. The van der Waals surface area contributed by atoms with Crippen molar-refractivity contribution in [1.82, 2.24) is 9.88 Å². The average Bonchev–Trinajstić information content (AvgIpc) is 3.07. The summed E-state index contributed by atoms with van der Waals surface area (Å²) in [6.45, 7) is 5.92. The number of rotatable bonds is 6. The van der Waals surface area contributed by atoms with Gasteiger partial charge in [0.25, 0.3) is 5.91 Å². The molecule has 0 aliphatic carbocycles. The van der Waals surface area contributed by atoms with Gasteiger partial charge in [-0.25, -0.2) is 0 Å². The fourth-order valence-corrected chi connectivity index (χ4v) is 3.80. The second-order valence-corrected chi connectivity index (χ2v) is 7.19. The lowest BCUT2D eigenvalue weighted by Gasteiger charge is -2.12. The van der Waals surface area contributed by atoms with E-state index in [1.54, 1.807) is 18.4 Å². The molecule has 5 heteroatoms. The van der Waals surface area contributed by atoms with Gasteiger partial charge in [-0.05, 0) is 37.1 Å². The van der Waals surface area contributed by atoms with E-state index < -0.39 is 0 Å². The SMILES string of the molecule is COCCNC(=O)c1cc2sc(C)cc2n1Cc1ccccc1C. The summed E-state index contributed by atoms with van der Waals surface area (Å²) in [6.07, 6.45) is 0. The molecule has 0 fully saturated rings. The number of aryl methyl sites for hydroxylation is 2. The van der Waals surface area contributed by atoms with Crippen molar-refractivity contribution in [3.8, 4) is 0 Å². The number of nitrogens with one attached hydrogen (secondary N) is 1. The first-order valence-electron chi connectivity index (χ1n) is 8.01. The van der Waals surface area contributed by atoms with E-state index in [-0.39, 0.29) is 5.91 Å². The van der Waals surface area contributed by atoms with Gasteiger partial charge in [0.15, 0.2) is 0 Å². The zero-order chi connectivity index (χ0) is 17.1. The summed E-state index contributed by atoms with van der Waals surface area (Å²) in [4.78, 5) is 13.8. The van der Waals surface area contributed by atoms with Gasteiger partial charge in [0.1, 0.15) is 5.69 Å². The molecule has 0 spiro atoms. The highest BCUT2D eigenvalue weighted by atomic mass is 32.1. The maximum absolute atomic E-state index is 12.6. The van der Waals surface area contributed by atoms with Crippen molar-refractivity contribution in [3.63, 3.8) is 0 Å². The highest BCUT2D eigenvalue weighted by molar-refractivity contribution is 7.19. The molecular weight excluding hydrogens is 320 g/mol. The number of amides is 1. The molecule has 1 amide bonds. The van der Waals surface area contributed by atoms with E-state index in [9.17, 15) is 4.79 Å². The number of carbonyl (C=O) groups excluding carboxylic acids is 1. The Labute approximate surface area is 146 Å². The van der Waals surface area contributed by atoms with Crippen LogP contribution in [0.3, 0.4) is 0 Å². The number of thiophene rings is 1. The van der Waals surface area contributed by atoms with E-state index >= 15 is 0 Å². The number of hydrogen-bond acceptors (Lipinski definition) is 3. The summed E-state index contributed by atoms with van der Waals surface area (Å²) in [7, 11) is 1.63. The van der Waals surface area contributed by atoms with Gasteiger partial charge in [0, 0.05) is 25.1 Å². The smallest absolute Gasteiger partial charge is 0.268 e. The molecule has 1 N–H and O–H groups in total. The fourth-order valence-electron chi connectivity index (χ4n) is 2.84. The number of hydrogen-bond donors (Lipinski definition) is 1. The standard InChI is InChI=1S/C19H22N2O2S/c1-13-6-4-5-7-15(13)12-21-16-10-14(2)24-18(16)11-17(21)19(22)20-8-9-23-3/h4-7,10-11H,8-9,12H2,1-3H3,(H,20,22). The van der Waals surface area contributed by atoms with E-state index in [1.165, 1.54) is 16.0 Å². The van der Waals surface area contributed by atoms with Gasteiger partial charge < -0.3 is 14.6 Å². The number of benzene rings is 1. The Kier molecular flexibility index (Phi) is 5.02. The maximum Gasteiger partial charge on any atom is 0.268 e. The summed E-state index contributed by atoms with van der Waals surface area (Å²) >= 11 is 1.72. The number of methoxy groups -OCH3 is 1. The molecule has 0 aliphatic rings. The lowest BCUT2D eigenvalue weighted by atomic mass is 10.1. The number of aromatic nitrogens is 1. The van der Waals surface area contributed by atoms with Crippen LogP contribution in [-0.2, 0) is 11.3 Å². The third kappa shape index (κ3) is 3.37. The number of nitrogens with zero attached hydrogens (tertiary/aromatic N) is 1. The minimum absolute atomic E-state index is 0.0540. The van der Waals surface area contributed by atoms with E-state index in [0.717, 1.165) is 10.2 Å². The second-order valence-electron chi connectivity index (χ2n) is 5.90. The molecule has 3 rings (SSSR count). The number of ether oxygens (including phenoxy) is 1. The van der Waals surface area contributed by atoms with Crippen LogP contribution in [0.4, 0.5) is 0 Å². The van der Waals surface area contributed by atoms with Crippen LogP contribution in [0, 0.1) is 13.8 Å². The van der Waals surface area contributed by atoms with Crippen LogP contribution >= 0.6 is 11.3 Å². The van der Waals surface area contributed by atoms with Gasteiger partial charge in [0.05, 0.1) is 16.8 Å². The predicted octanol–water partition coefficient (Wildman–Crippen LogP) is 3.74. The summed E-state index contributed by atoms with van der Waals surface area (Å²) in [5, 5.41) is 2.93. The molecule has 0 bridgehead atoms. The van der Waals surface area contributed by atoms with E-state index in [1.807, 2.05) is 18.2 Å². The Morgan fingerprint density at radius 1 is 1.25 bits per heavy atom. The van der Waals surface area contributed by atoms with Crippen molar-refractivity contribution in [2.45, 2.75) is 20.4 Å². The number of fused-ring (bicyclic) bond motifs is 1. The van der Waals surface area contributed by atoms with Crippen LogP contribution in [0.1, 0.15) is 26.5 Å². The molecule has 4 nitrogen and oxygen atoms in total. The third-order valence-electron chi connectivity index (χ3n) is 4.13. The van der Waals surface area contributed by atoms with E-state index in [2.05, 4.69) is 41.9 Å². The van der Waals surface area contributed by atoms with Crippen molar-refractivity contribution in [2.24, 2.45) is 0 Å². The maximum atomic E-state index is 12.6. The first-order valence-corrected chi connectivity index (χ1v) is 8.83. The first kappa shape index (κ1) is 16.7. The summed E-state index contributed by atoms with van der Waals surface area (Å²) in [5.74, 6) is -0.0540. The molecule has 0 radical (unpaired) electrons. The fraction of sp³-hybridized carbons (Fsp3) is 0.316. The number of carbonyl (C=O) groups is 1. The van der Waals surface area contributed by atoms with Crippen molar-refractivity contribution in [3.05, 3.63) is 58.1 Å². The van der Waals surface area contributed by atoms with Gasteiger partial charge in [0.2, 0.25) is 0 Å².